The number of amides is 1. The molecule has 0 bridgehead atoms. The van der Waals surface area contributed by atoms with Gasteiger partial charge in [-0.2, -0.15) is 0 Å². The zero-order valence-corrected chi connectivity index (χ0v) is 19.5. The van der Waals surface area contributed by atoms with Crippen molar-refractivity contribution in [2.24, 2.45) is 0 Å². The highest BCUT2D eigenvalue weighted by Crippen LogP contribution is 2.40. The zero-order valence-electron chi connectivity index (χ0n) is 19.5. The van der Waals surface area contributed by atoms with E-state index in [4.69, 9.17) is 9.47 Å². The van der Waals surface area contributed by atoms with E-state index in [9.17, 15) is 19.1 Å². The summed E-state index contributed by atoms with van der Waals surface area (Å²) in [6.07, 6.45) is 2.28. The van der Waals surface area contributed by atoms with Crippen LogP contribution >= 0.6 is 0 Å². The van der Waals surface area contributed by atoms with Crippen molar-refractivity contribution in [3.05, 3.63) is 83.7 Å². The van der Waals surface area contributed by atoms with Gasteiger partial charge in [0.15, 0.2) is 0 Å². The number of aliphatic hydroxyl groups excluding tert-OH is 1. The largest absolute Gasteiger partial charge is 0.507 e. The van der Waals surface area contributed by atoms with Crippen molar-refractivity contribution < 1.29 is 28.6 Å². The van der Waals surface area contributed by atoms with Gasteiger partial charge < -0.3 is 19.5 Å². The predicted molar refractivity (Wildman–Crippen MR) is 129 cm³/mol. The monoisotopic (exact) mass is 480 g/mol. The molecule has 7 nitrogen and oxygen atoms in total. The van der Waals surface area contributed by atoms with Crippen molar-refractivity contribution in [2.45, 2.75) is 12.5 Å². The van der Waals surface area contributed by atoms with Gasteiger partial charge in [0.1, 0.15) is 23.9 Å². The standard InChI is InChI=1S/C27H29FN2O5/c1-2-15-35-22-6-3-5-20(18-22)24-23(25(31)19-7-9-21(28)10-8-19)26(32)27(33)30(24)12-4-11-29-13-16-34-17-14-29/h2-3,5-10,18,24,31H,1,4,11-17H2/t24-/m1/s1. The molecule has 2 saturated heterocycles. The van der Waals surface area contributed by atoms with Crippen LogP contribution < -0.4 is 4.74 Å². The van der Waals surface area contributed by atoms with Gasteiger partial charge in [0, 0.05) is 31.7 Å². The van der Waals surface area contributed by atoms with Gasteiger partial charge >= 0.3 is 0 Å². The SMILES string of the molecule is C=CCOc1cccc([C@@H]2C(=C(O)c3ccc(F)cc3)C(=O)C(=O)N2CCCN2CCOCC2)c1. The number of Topliss-reactive ketones (excluding diaryl/α,β-unsaturated/α-hetero) is 1. The summed E-state index contributed by atoms with van der Waals surface area (Å²) >= 11 is 0. The maximum absolute atomic E-state index is 13.4. The van der Waals surface area contributed by atoms with Crippen LogP contribution in [0.4, 0.5) is 4.39 Å². The Bertz CT molecular complexity index is 1110. The van der Waals surface area contributed by atoms with Crippen molar-refractivity contribution in [2.75, 3.05) is 46.0 Å². The number of likely N-dealkylation sites (tertiary alicyclic amines) is 1. The Hall–Kier alpha value is -3.49. The molecule has 2 aliphatic heterocycles. The van der Waals surface area contributed by atoms with Gasteiger partial charge in [-0.15, -0.1) is 0 Å². The molecule has 1 atom stereocenters. The summed E-state index contributed by atoms with van der Waals surface area (Å²) in [5.74, 6) is -1.67. The topological polar surface area (TPSA) is 79.3 Å². The second-order valence-corrected chi connectivity index (χ2v) is 8.48. The average Bonchev–Trinajstić information content (AvgIpc) is 3.13. The Morgan fingerprint density at radius 3 is 2.60 bits per heavy atom. The molecule has 2 aromatic rings. The van der Waals surface area contributed by atoms with E-state index in [1.165, 1.54) is 29.2 Å². The summed E-state index contributed by atoms with van der Waals surface area (Å²) in [5.41, 5.74) is 0.886. The quantitative estimate of drug-likeness (QED) is 0.256. The van der Waals surface area contributed by atoms with Crippen molar-refractivity contribution in [3.63, 3.8) is 0 Å². The molecule has 184 valence electrons. The maximum Gasteiger partial charge on any atom is 0.295 e. The van der Waals surface area contributed by atoms with Gasteiger partial charge in [-0.1, -0.05) is 24.8 Å². The number of ketones is 1. The molecule has 0 saturated carbocycles. The third-order valence-electron chi connectivity index (χ3n) is 6.18. The highest BCUT2D eigenvalue weighted by molar-refractivity contribution is 6.46. The van der Waals surface area contributed by atoms with Crippen LogP contribution in [0.2, 0.25) is 0 Å². The van der Waals surface area contributed by atoms with Crippen LogP contribution in [-0.4, -0.2) is 72.6 Å². The van der Waals surface area contributed by atoms with Crippen molar-refractivity contribution in [3.8, 4) is 5.75 Å². The third-order valence-corrected chi connectivity index (χ3v) is 6.18. The fourth-order valence-electron chi connectivity index (χ4n) is 4.44. The number of hydrogen-bond acceptors (Lipinski definition) is 6. The van der Waals surface area contributed by atoms with Gasteiger partial charge in [0.05, 0.1) is 24.8 Å². The minimum Gasteiger partial charge on any atom is -0.507 e. The normalized spacial score (nSPS) is 20.3. The lowest BCUT2D eigenvalue weighted by Gasteiger charge is -2.29. The van der Waals surface area contributed by atoms with E-state index in [1.54, 1.807) is 30.3 Å². The van der Waals surface area contributed by atoms with Gasteiger partial charge in [0.2, 0.25) is 0 Å². The third kappa shape index (κ3) is 5.61. The van der Waals surface area contributed by atoms with E-state index in [1.807, 2.05) is 0 Å². The lowest BCUT2D eigenvalue weighted by Crippen LogP contribution is -2.38. The molecule has 1 amide bonds. The van der Waals surface area contributed by atoms with E-state index in [-0.39, 0.29) is 16.9 Å². The molecular formula is C27H29FN2O5. The summed E-state index contributed by atoms with van der Waals surface area (Å²) in [6.45, 7) is 8.08. The Morgan fingerprint density at radius 1 is 1.14 bits per heavy atom. The number of benzene rings is 2. The number of morpholine rings is 1. The second-order valence-electron chi connectivity index (χ2n) is 8.48. The van der Waals surface area contributed by atoms with E-state index < -0.39 is 23.5 Å². The van der Waals surface area contributed by atoms with E-state index in [2.05, 4.69) is 11.5 Å². The zero-order chi connectivity index (χ0) is 24.8. The van der Waals surface area contributed by atoms with Crippen molar-refractivity contribution >= 4 is 17.4 Å². The molecule has 4 rings (SSSR count). The Labute approximate surface area is 204 Å². The highest BCUT2D eigenvalue weighted by atomic mass is 19.1. The van der Waals surface area contributed by atoms with E-state index in [0.29, 0.717) is 44.1 Å². The van der Waals surface area contributed by atoms with E-state index >= 15 is 0 Å². The Kier molecular flexibility index (Phi) is 7.94. The Morgan fingerprint density at radius 2 is 1.89 bits per heavy atom. The van der Waals surface area contributed by atoms with Crippen LogP contribution in [0, 0.1) is 5.82 Å². The Balaban J connectivity index is 1.68. The van der Waals surface area contributed by atoms with Gasteiger partial charge in [0.25, 0.3) is 11.7 Å². The lowest BCUT2D eigenvalue weighted by atomic mass is 9.95. The van der Waals surface area contributed by atoms with Gasteiger partial charge in [-0.05, 0) is 48.4 Å². The van der Waals surface area contributed by atoms with Crippen LogP contribution in [-0.2, 0) is 14.3 Å². The molecule has 1 N–H and O–H groups in total. The number of nitrogens with zero attached hydrogens (tertiary/aromatic N) is 2. The smallest absolute Gasteiger partial charge is 0.295 e. The molecule has 2 fully saturated rings. The molecule has 0 aromatic heterocycles. The lowest BCUT2D eigenvalue weighted by molar-refractivity contribution is -0.140. The van der Waals surface area contributed by atoms with Crippen LogP contribution in [0.5, 0.6) is 5.75 Å². The summed E-state index contributed by atoms with van der Waals surface area (Å²) < 4.78 is 24.5. The van der Waals surface area contributed by atoms with Crippen LogP contribution in [0.15, 0.2) is 66.8 Å². The first kappa shape index (κ1) is 24.6. The average molecular weight is 481 g/mol. The highest BCUT2D eigenvalue weighted by Gasteiger charge is 2.46. The number of halogens is 1. The fourth-order valence-corrected chi connectivity index (χ4v) is 4.44. The van der Waals surface area contributed by atoms with Crippen LogP contribution in [0.25, 0.3) is 5.76 Å². The molecule has 35 heavy (non-hydrogen) atoms. The molecule has 2 aliphatic rings. The molecule has 0 unspecified atom stereocenters. The van der Waals surface area contributed by atoms with Crippen molar-refractivity contribution in [1.82, 2.24) is 9.80 Å². The number of rotatable bonds is 9. The first-order chi connectivity index (χ1) is 17.0. The summed E-state index contributed by atoms with van der Waals surface area (Å²) in [7, 11) is 0. The van der Waals surface area contributed by atoms with Crippen molar-refractivity contribution in [1.29, 1.82) is 0 Å². The summed E-state index contributed by atoms with van der Waals surface area (Å²) in [6, 6.07) is 11.5. The molecule has 0 spiro atoms. The minimum absolute atomic E-state index is 0.0196. The number of aliphatic hydroxyl groups is 1. The summed E-state index contributed by atoms with van der Waals surface area (Å²) in [4.78, 5) is 30.0. The first-order valence-corrected chi connectivity index (χ1v) is 11.7. The molecule has 2 aromatic carbocycles. The summed E-state index contributed by atoms with van der Waals surface area (Å²) in [5, 5.41) is 11.1. The molecule has 2 heterocycles. The number of carbonyl (C=O) groups is 2. The second kappa shape index (κ2) is 11.3. The molecule has 8 heteroatoms. The minimum atomic E-state index is -0.794. The van der Waals surface area contributed by atoms with E-state index in [0.717, 1.165) is 19.6 Å². The number of ether oxygens (including phenoxy) is 2. The van der Waals surface area contributed by atoms with Gasteiger partial charge in [-0.3, -0.25) is 14.5 Å². The van der Waals surface area contributed by atoms with Crippen LogP contribution in [0.1, 0.15) is 23.6 Å². The van der Waals surface area contributed by atoms with Crippen LogP contribution in [0.3, 0.4) is 0 Å². The molecule has 0 aliphatic carbocycles. The maximum atomic E-state index is 13.4. The number of carbonyl (C=O) groups excluding carboxylic acids is 2. The predicted octanol–water partition coefficient (Wildman–Crippen LogP) is 3.53. The first-order valence-electron chi connectivity index (χ1n) is 11.7. The molecular weight excluding hydrogens is 451 g/mol. The molecule has 0 radical (unpaired) electrons. The fraction of sp³-hybridized carbons (Fsp3) is 0.333. The number of hydrogen-bond donors (Lipinski definition) is 1. The van der Waals surface area contributed by atoms with Gasteiger partial charge in [-0.25, -0.2) is 4.39 Å².